The Kier molecular flexibility index (Phi) is 13.6. The van der Waals surface area contributed by atoms with E-state index in [1.807, 2.05) is 6.08 Å². The highest BCUT2D eigenvalue weighted by molar-refractivity contribution is 5.86. The van der Waals surface area contributed by atoms with Gasteiger partial charge in [0.15, 0.2) is 18.9 Å². The SMILES string of the molecule is NC[C@@H]1O[C@H](O[C@H]2[C@@H](O)[C@H](O[C@@H]3[C@@H](O)[C@H](NC(=O)C4(O)CC(N)C4)C[C@H](N)[C@H]3O[C@H]3O[C@H](CNCC4CC(N)C4)C=C[C@H]3N)O[C@@H]2CO)[C@H](N)[C@@H](O)[C@@H]1O. The number of nitrogens with two attached hydrogens (primary N) is 6. The van der Waals surface area contributed by atoms with Crippen LogP contribution in [0.2, 0.25) is 0 Å². The number of hydrogen-bond acceptors (Lipinski definition) is 20. The molecule has 0 unspecified atom stereocenters. The van der Waals surface area contributed by atoms with Gasteiger partial charge in [-0.25, -0.2) is 0 Å². The van der Waals surface area contributed by atoms with Gasteiger partial charge in [0, 0.05) is 44.1 Å². The topological polar surface area (TPSA) is 374 Å². The van der Waals surface area contributed by atoms with Crippen LogP contribution in [0.25, 0.3) is 0 Å². The lowest BCUT2D eigenvalue weighted by molar-refractivity contribution is -0.284. The lowest BCUT2D eigenvalue weighted by atomic mass is 9.75. The van der Waals surface area contributed by atoms with E-state index in [0.29, 0.717) is 12.5 Å². The number of carbonyl (C=O) groups excluding carboxylic acids is 1. The maximum atomic E-state index is 13.1. The summed E-state index contributed by atoms with van der Waals surface area (Å²) in [5, 5.41) is 71.0. The van der Waals surface area contributed by atoms with E-state index in [1.165, 1.54) is 0 Å². The Bertz CT molecular complexity index is 1280. The molecule has 0 aromatic heterocycles. The molecule has 3 aliphatic heterocycles. The Morgan fingerprint density at radius 2 is 1.43 bits per heavy atom. The maximum Gasteiger partial charge on any atom is 0.252 e. The van der Waals surface area contributed by atoms with Gasteiger partial charge in [0.25, 0.3) is 5.91 Å². The number of ether oxygens (including phenoxy) is 6. The predicted molar refractivity (Wildman–Crippen MR) is 186 cm³/mol. The summed E-state index contributed by atoms with van der Waals surface area (Å²) in [7, 11) is 0. The summed E-state index contributed by atoms with van der Waals surface area (Å²) >= 11 is 0. The average molecular weight is 777 g/mol. The van der Waals surface area contributed by atoms with Gasteiger partial charge in [-0.3, -0.25) is 4.79 Å². The van der Waals surface area contributed by atoms with Crippen molar-refractivity contribution in [3.05, 3.63) is 12.2 Å². The third-order valence-corrected chi connectivity index (χ3v) is 11.5. The molecule has 2 saturated heterocycles. The van der Waals surface area contributed by atoms with Crippen molar-refractivity contribution < 1.29 is 63.9 Å². The van der Waals surface area contributed by atoms with Crippen LogP contribution in [-0.2, 0) is 33.2 Å². The number of nitrogens with one attached hydrogen (secondary N) is 2. The van der Waals surface area contributed by atoms with Crippen molar-refractivity contribution in [3.8, 4) is 0 Å². The molecule has 54 heavy (non-hydrogen) atoms. The van der Waals surface area contributed by atoms with Crippen molar-refractivity contribution in [3.63, 3.8) is 0 Å². The van der Waals surface area contributed by atoms with Crippen LogP contribution in [0.3, 0.4) is 0 Å². The number of aliphatic hydroxyl groups is 6. The van der Waals surface area contributed by atoms with Crippen molar-refractivity contribution in [2.24, 2.45) is 40.3 Å². The van der Waals surface area contributed by atoms with Crippen molar-refractivity contribution in [1.82, 2.24) is 10.6 Å². The van der Waals surface area contributed by atoms with Crippen LogP contribution < -0.4 is 45.0 Å². The van der Waals surface area contributed by atoms with Crippen LogP contribution in [-0.4, -0.2) is 185 Å². The van der Waals surface area contributed by atoms with Gasteiger partial charge in [-0.05, 0) is 31.7 Å². The van der Waals surface area contributed by atoms with Crippen LogP contribution in [0, 0.1) is 5.92 Å². The summed E-state index contributed by atoms with van der Waals surface area (Å²) in [4.78, 5) is 13.1. The van der Waals surface area contributed by atoms with Crippen molar-refractivity contribution in [2.45, 2.75) is 154 Å². The van der Waals surface area contributed by atoms with Crippen LogP contribution >= 0.6 is 0 Å². The summed E-state index contributed by atoms with van der Waals surface area (Å²) < 4.78 is 36.2. The highest BCUT2D eigenvalue weighted by Crippen LogP contribution is 2.36. The van der Waals surface area contributed by atoms with E-state index in [-0.39, 0.29) is 37.9 Å². The Hall–Kier alpha value is -1.55. The van der Waals surface area contributed by atoms with Gasteiger partial charge in [0.05, 0.1) is 30.8 Å². The molecule has 21 nitrogen and oxygen atoms in total. The molecule has 21 heteroatoms. The van der Waals surface area contributed by atoms with Gasteiger partial charge >= 0.3 is 0 Å². The first-order chi connectivity index (χ1) is 25.6. The molecule has 0 bridgehead atoms. The molecule has 310 valence electrons. The molecule has 3 saturated carbocycles. The minimum absolute atomic E-state index is 0.0155. The number of carbonyl (C=O) groups is 1. The summed E-state index contributed by atoms with van der Waals surface area (Å²) in [6, 6.07) is -4.09. The first-order valence-corrected chi connectivity index (χ1v) is 18.8. The molecule has 0 radical (unpaired) electrons. The van der Waals surface area contributed by atoms with E-state index < -0.39 is 122 Å². The normalized spacial score (nSPS) is 50.7. The number of rotatable bonds is 14. The highest BCUT2D eigenvalue weighted by atomic mass is 16.8. The van der Waals surface area contributed by atoms with Gasteiger partial charge in [-0.15, -0.1) is 0 Å². The Morgan fingerprint density at radius 3 is 2.07 bits per heavy atom. The lowest BCUT2D eigenvalue weighted by Gasteiger charge is -2.47. The van der Waals surface area contributed by atoms with Crippen LogP contribution in [0.15, 0.2) is 12.2 Å². The zero-order valence-electron chi connectivity index (χ0n) is 30.1. The summed E-state index contributed by atoms with van der Waals surface area (Å²) in [6.07, 6.45) is -11.1. The van der Waals surface area contributed by atoms with Gasteiger partial charge in [-0.1, -0.05) is 12.2 Å². The largest absolute Gasteiger partial charge is 0.394 e. The van der Waals surface area contributed by atoms with Crippen LogP contribution in [0.4, 0.5) is 0 Å². The summed E-state index contributed by atoms with van der Waals surface area (Å²) in [6.45, 7) is 0.406. The van der Waals surface area contributed by atoms with Crippen LogP contribution in [0.5, 0.6) is 0 Å². The fraction of sp³-hybridized carbons (Fsp3) is 0.909. The van der Waals surface area contributed by atoms with Gasteiger partial charge in [0.2, 0.25) is 0 Å². The Balaban J connectivity index is 1.17. The van der Waals surface area contributed by atoms with Crippen LogP contribution in [0.1, 0.15) is 32.1 Å². The zero-order valence-corrected chi connectivity index (χ0v) is 30.1. The minimum Gasteiger partial charge on any atom is -0.394 e. The van der Waals surface area contributed by atoms with Gasteiger partial charge in [0.1, 0.15) is 60.5 Å². The molecular weight excluding hydrogens is 716 g/mol. The quantitative estimate of drug-likeness (QED) is 0.0728. The first-order valence-electron chi connectivity index (χ1n) is 18.8. The average Bonchev–Trinajstić information content (AvgIpc) is 3.41. The van der Waals surface area contributed by atoms with E-state index in [0.717, 1.165) is 19.4 Å². The second-order valence-electron chi connectivity index (χ2n) is 15.8. The monoisotopic (exact) mass is 776 g/mol. The summed E-state index contributed by atoms with van der Waals surface area (Å²) in [5.41, 5.74) is 34.8. The molecule has 6 aliphatic rings. The van der Waals surface area contributed by atoms with Crippen molar-refractivity contribution >= 4 is 5.91 Å². The van der Waals surface area contributed by atoms with E-state index in [2.05, 4.69) is 10.6 Å². The molecule has 0 aromatic rings. The molecule has 0 aromatic carbocycles. The standard InChI is InChI=1S/C33H60N8O13/c34-8-19-23(44)24(45)21(39)30(50-19)53-27-20(11-42)51-31(25(27)46)54-28-22(43)18(41-32(47)33(48)6-14(36)7-33)5-17(38)26(28)52-29-16(37)2-1-15(49-29)10-40-9-12-3-13(35)4-12/h1-2,12-31,40,42-46,48H,3-11,34-39H2,(H,41,47)/t12?,13?,14?,15-,16+,17-,18+,19-,20+,21+,22-,23+,24+,25+,26+,27+,28+,29+,30+,31-,33?/m0/s1. The fourth-order valence-corrected chi connectivity index (χ4v) is 8.15. The number of aliphatic hydroxyl groups excluding tert-OH is 5. The Morgan fingerprint density at radius 1 is 0.759 bits per heavy atom. The number of hydrogen-bond donors (Lipinski definition) is 14. The number of amides is 1. The fourth-order valence-electron chi connectivity index (χ4n) is 8.15. The third kappa shape index (κ3) is 8.94. The smallest absolute Gasteiger partial charge is 0.252 e. The Labute approximate surface area is 312 Å². The molecule has 1 amide bonds. The van der Waals surface area contributed by atoms with E-state index in [1.54, 1.807) is 6.08 Å². The molecular formula is C33H60N8O13. The second kappa shape index (κ2) is 17.5. The van der Waals surface area contributed by atoms with E-state index in [9.17, 15) is 35.4 Å². The van der Waals surface area contributed by atoms with Crippen molar-refractivity contribution in [1.29, 1.82) is 0 Å². The molecule has 5 fully saturated rings. The molecule has 3 heterocycles. The molecule has 20 N–H and O–H groups in total. The zero-order chi connectivity index (χ0) is 39.1. The van der Waals surface area contributed by atoms with Gasteiger partial charge < -0.3 is 104 Å². The second-order valence-corrected chi connectivity index (χ2v) is 15.8. The van der Waals surface area contributed by atoms with E-state index in [4.69, 9.17) is 62.8 Å². The lowest BCUT2D eigenvalue weighted by Crippen LogP contribution is -2.69. The predicted octanol–water partition coefficient (Wildman–Crippen LogP) is -7.68. The highest BCUT2D eigenvalue weighted by Gasteiger charge is 2.55. The first kappa shape index (κ1) is 42.1. The van der Waals surface area contributed by atoms with Gasteiger partial charge in [-0.2, -0.15) is 0 Å². The molecule has 3 aliphatic carbocycles. The maximum absolute atomic E-state index is 13.1. The van der Waals surface area contributed by atoms with Crippen molar-refractivity contribution in [2.75, 3.05) is 26.2 Å². The molecule has 0 spiro atoms. The molecule has 17 atom stereocenters. The minimum atomic E-state index is -1.71. The third-order valence-electron chi connectivity index (χ3n) is 11.5. The van der Waals surface area contributed by atoms with E-state index >= 15 is 0 Å². The molecule has 6 rings (SSSR count). The summed E-state index contributed by atoms with van der Waals surface area (Å²) in [5.74, 6) is -0.243.